The first-order valence-electron chi connectivity index (χ1n) is 8.90. The Hall–Kier alpha value is -3.47. The van der Waals surface area contributed by atoms with E-state index in [0.29, 0.717) is 30.9 Å². The molecule has 2 aliphatic heterocycles. The van der Waals surface area contributed by atoms with E-state index >= 15 is 0 Å². The highest BCUT2D eigenvalue weighted by atomic mass is 16.1. The zero-order valence-corrected chi connectivity index (χ0v) is 14.6. The molecule has 130 valence electrons. The fourth-order valence-electron chi connectivity index (χ4n) is 3.51. The van der Waals surface area contributed by atoms with Gasteiger partial charge in [0, 0.05) is 41.9 Å². The van der Waals surface area contributed by atoms with E-state index < -0.39 is 0 Å². The van der Waals surface area contributed by atoms with Crippen LogP contribution in [0.15, 0.2) is 70.9 Å². The van der Waals surface area contributed by atoms with Crippen LogP contribution in [-0.4, -0.2) is 27.2 Å². The minimum Gasteiger partial charge on any atom is -0.292 e. The number of pyridine rings is 2. The number of benzene rings is 1. The number of fused-ring (bicyclic) bond motifs is 2. The molecule has 0 spiro atoms. The molecule has 0 atom stereocenters. The number of carbonyl (C=O) groups is 1. The number of aliphatic imine (C=N–C) groups is 2. The summed E-state index contributed by atoms with van der Waals surface area (Å²) in [5.74, 6) is 0.705. The molecule has 4 heterocycles. The topological polar surface area (TPSA) is 67.6 Å². The van der Waals surface area contributed by atoms with Crippen LogP contribution in [0.25, 0.3) is 0 Å². The van der Waals surface area contributed by atoms with E-state index in [1.165, 1.54) is 0 Å². The Balaban J connectivity index is 1.43. The summed E-state index contributed by atoms with van der Waals surface area (Å²) >= 11 is 0. The predicted octanol–water partition coefficient (Wildman–Crippen LogP) is 3.27. The van der Waals surface area contributed by atoms with Gasteiger partial charge in [0.05, 0.1) is 23.7 Å². The van der Waals surface area contributed by atoms with Crippen LogP contribution in [0.2, 0.25) is 0 Å². The van der Waals surface area contributed by atoms with Crippen molar-refractivity contribution in [3.8, 4) is 0 Å². The maximum absolute atomic E-state index is 12.6. The molecule has 5 rings (SSSR count). The number of carbonyl (C=O) groups excluding carboxylic acids is 1. The highest BCUT2D eigenvalue weighted by molar-refractivity contribution is 6.42. The van der Waals surface area contributed by atoms with Gasteiger partial charge in [-0.05, 0) is 23.8 Å². The van der Waals surface area contributed by atoms with Gasteiger partial charge >= 0.3 is 0 Å². The highest BCUT2D eigenvalue weighted by Gasteiger charge is 2.27. The Morgan fingerprint density at radius 3 is 2.63 bits per heavy atom. The second kappa shape index (κ2) is 6.36. The third-order valence-corrected chi connectivity index (χ3v) is 4.87. The molecule has 3 aromatic rings. The predicted molar refractivity (Wildman–Crippen MR) is 104 cm³/mol. The maximum Gasteiger partial charge on any atom is 0.181 e. The molecule has 0 radical (unpaired) electrons. The van der Waals surface area contributed by atoms with Crippen molar-refractivity contribution < 1.29 is 4.79 Å². The van der Waals surface area contributed by atoms with E-state index in [1.807, 2.05) is 42.5 Å². The lowest BCUT2D eigenvalue weighted by Crippen LogP contribution is -2.16. The maximum atomic E-state index is 12.6. The molecule has 2 aliphatic rings. The summed E-state index contributed by atoms with van der Waals surface area (Å²) in [6.07, 6.45) is 4.42. The monoisotopic (exact) mass is 352 g/mol. The van der Waals surface area contributed by atoms with Crippen molar-refractivity contribution in [2.24, 2.45) is 9.98 Å². The van der Waals surface area contributed by atoms with Crippen LogP contribution in [0, 0.1) is 0 Å². The van der Waals surface area contributed by atoms with Gasteiger partial charge in [0.15, 0.2) is 11.6 Å². The van der Waals surface area contributed by atoms with E-state index in [0.717, 1.165) is 33.7 Å². The van der Waals surface area contributed by atoms with Crippen LogP contribution < -0.4 is 0 Å². The molecule has 5 heteroatoms. The number of aromatic nitrogens is 2. The quantitative estimate of drug-likeness (QED) is 0.724. The molecule has 0 amide bonds. The zero-order valence-electron chi connectivity index (χ0n) is 14.6. The molecule has 0 bridgehead atoms. The Bertz CT molecular complexity index is 1100. The van der Waals surface area contributed by atoms with Gasteiger partial charge < -0.3 is 0 Å². The lowest BCUT2D eigenvalue weighted by Gasteiger charge is -2.05. The lowest BCUT2D eigenvalue weighted by atomic mass is 10.0. The van der Waals surface area contributed by atoms with Crippen LogP contribution in [0.5, 0.6) is 0 Å². The second-order valence-corrected chi connectivity index (χ2v) is 6.70. The molecule has 0 saturated heterocycles. The van der Waals surface area contributed by atoms with Crippen molar-refractivity contribution in [3.63, 3.8) is 0 Å². The average Bonchev–Trinajstić information content (AvgIpc) is 3.31. The first-order chi connectivity index (χ1) is 13.3. The van der Waals surface area contributed by atoms with Gasteiger partial charge in [0.25, 0.3) is 0 Å². The fourth-order valence-corrected chi connectivity index (χ4v) is 3.51. The first kappa shape index (κ1) is 15.8. The van der Waals surface area contributed by atoms with Crippen LogP contribution in [0.3, 0.4) is 0 Å². The molecule has 1 aromatic carbocycles. The third-order valence-electron chi connectivity index (χ3n) is 4.87. The van der Waals surface area contributed by atoms with Crippen molar-refractivity contribution in [3.05, 3.63) is 88.9 Å². The first-order valence-corrected chi connectivity index (χ1v) is 8.90. The van der Waals surface area contributed by atoms with Crippen molar-refractivity contribution in [1.29, 1.82) is 0 Å². The van der Waals surface area contributed by atoms with E-state index in [-0.39, 0.29) is 5.78 Å². The van der Waals surface area contributed by atoms with E-state index in [2.05, 4.69) is 21.0 Å². The number of nitrogens with zero attached hydrogens (tertiary/aromatic N) is 4. The fraction of sp³-hybridized carbons (Fsp3) is 0.136. The van der Waals surface area contributed by atoms with Crippen molar-refractivity contribution in [2.45, 2.75) is 19.4 Å². The van der Waals surface area contributed by atoms with E-state index in [9.17, 15) is 4.79 Å². The Labute approximate surface area is 156 Å². The van der Waals surface area contributed by atoms with Gasteiger partial charge in [-0.25, -0.2) is 9.98 Å². The van der Waals surface area contributed by atoms with Crippen LogP contribution >= 0.6 is 0 Å². The molecule has 2 aromatic heterocycles. The standard InChI is InChI=1S/C22H16N4O/c27-19(10-14-4-2-1-3-5-14)18-12-16-11-17-13-24-20(15-6-8-23-9-7-15)21(17)26-22(16)25-18/h1-9,11H,10,12-13H2. The van der Waals surface area contributed by atoms with Gasteiger partial charge in [0.2, 0.25) is 0 Å². The van der Waals surface area contributed by atoms with Crippen molar-refractivity contribution in [2.75, 3.05) is 0 Å². The molecule has 5 nitrogen and oxygen atoms in total. The highest BCUT2D eigenvalue weighted by Crippen LogP contribution is 2.31. The van der Waals surface area contributed by atoms with Gasteiger partial charge in [-0.15, -0.1) is 0 Å². The number of Topliss-reactive ketones (excluding diaryl/α,β-unsaturated/α-hetero) is 1. The van der Waals surface area contributed by atoms with Crippen LogP contribution in [0.1, 0.15) is 27.9 Å². The summed E-state index contributed by atoms with van der Waals surface area (Å²) in [6.45, 7) is 0.612. The Morgan fingerprint density at radius 2 is 1.81 bits per heavy atom. The van der Waals surface area contributed by atoms with E-state index in [1.54, 1.807) is 12.4 Å². The SMILES string of the molecule is O=C(Cc1ccccc1)C1=Nc2nc3c(cc2C1)CN=C3c1ccncc1. The number of rotatable bonds is 4. The van der Waals surface area contributed by atoms with Crippen LogP contribution in [0.4, 0.5) is 5.82 Å². The number of ketones is 1. The van der Waals surface area contributed by atoms with Crippen molar-refractivity contribution in [1.82, 2.24) is 9.97 Å². The minimum absolute atomic E-state index is 0.0578. The van der Waals surface area contributed by atoms with Crippen molar-refractivity contribution >= 4 is 23.0 Å². The molecule has 0 N–H and O–H groups in total. The van der Waals surface area contributed by atoms with Gasteiger partial charge in [-0.2, -0.15) is 0 Å². The summed E-state index contributed by atoms with van der Waals surface area (Å²) in [4.78, 5) is 30.6. The largest absolute Gasteiger partial charge is 0.292 e. The third kappa shape index (κ3) is 2.87. The molecular formula is C22H16N4O. The van der Waals surface area contributed by atoms with Crippen LogP contribution in [-0.2, 0) is 24.2 Å². The number of hydrogen-bond donors (Lipinski definition) is 0. The van der Waals surface area contributed by atoms with Gasteiger partial charge in [-0.3, -0.25) is 14.8 Å². The molecule has 0 unspecified atom stereocenters. The number of hydrogen-bond acceptors (Lipinski definition) is 5. The molecule has 0 saturated carbocycles. The summed E-state index contributed by atoms with van der Waals surface area (Å²) in [7, 11) is 0. The Morgan fingerprint density at radius 1 is 1.00 bits per heavy atom. The molecule has 0 fully saturated rings. The second-order valence-electron chi connectivity index (χ2n) is 6.70. The lowest BCUT2D eigenvalue weighted by molar-refractivity contribution is -0.112. The molecular weight excluding hydrogens is 336 g/mol. The van der Waals surface area contributed by atoms with Gasteiger partial charge in [0.1, 0.15) is 0 Å². The van der Waals surface area contributed by atoms with E-state index in [4.69, 9.17) is 4.98 Å². The summed E-state index contributed by atoms with van der Waals surface area (Å²) < 4.78 is 0. The normalized spacial score (nSPS) is 14.4. The summed E-state index contributed by atoms with van der Waals surface area (Å²) in [5.41, 5.74) is 6.42. The zero-order chi connectivity index (χ0) is 18.2. The van der Waals surface area contributed by atoms with Gasteiger partial charge in [-0.1, -0.05) is 30.3 Å². The summed E-state index contributed by atoms with van der Waals surface area (Å²) in [5, 5.41) is 0. The molecule has 0 aliphatic carbocycles. The minimum atomic E-state index is 0.0578. The smallest absolute Gasteiger partial charge is 0.181 e. The Kier molecular flexibility index (Phi) is 3.71. The molecule has 27 heavy (non-hydrogen) atoms. The summed E-state index contributed by atoms with van der Waals surface area (Å²) in [6, 6.07) is 15.7. The average molecular weight is 352 g/mol.